The van der Waals surface area contributed by atoms with Gasteiger partial charge in [-0.05, 0) is 48.0 Å². The third kappa shape index (κ3) is 5.64. The predicted molar refractivity (Wildman–Crippen MR) is 110 cm³/mol. The summed E-state index contributed by atoms with van der Waals surface area (Å²) in [7, 11) is -2.27. The number of ether oxygens (including phenoxy) is 2. The first kappa shape index (κ1) is 23.5. The quantitative estimate of drug-likeness (QED) is 0.409. The van der Waals surface area contributed by atoms with Crippen LogP contribution in [-0.2, 0) is 10.0 Å². The molecule has 0 aliphatic rings. The first-order valence-corrected chi connectivity index (χ1v) is 10.6. The van der Waals surface area contributed by atoms with Gasteiger partial charge in [0.15, 0.2) is 17.3 Å². The number of alkyl halides is 2. The Morgan fingerprint density at radius 1 is 1.07 bits per heavy atom. The minimum Gasteiger partial charge on any atom is -0.493 e. The normalized spacial score (nSPS) is 12.0. The van der Waals surface area contributed by atoms with Gasteiger partial charge in [0.2, 0.25) is 10.0 Å². The average Bonchev–Trinajstić information content (AvgIpc) is 2.72. The molecule has 0 unspecified atom stereocenters. The molecule has 0 spiro atoms. The summed E-state index contributed by atoms with van der Waals surface area (Å²) < 4.78 is 60.7. The largest absolute Gasteiger partial charge is 0.493 e. The van der Waals surface area contributed by atoms with Crippen LogP contribution in [0.2, 0.25) is 0 Å². The Hall–Kier alpha value is -2.78. The van der Waals surface area contributed by atoms with E-state index < -0.39 is 16.6 Å². The zero-order valence-corrected chi connectivity index (χ0v) is 17.7. The van der Waals surface area contributed by atoms with Gasteiger partial charge >= 0.3 is 6.61 Å². The van der Waals surface area contributed by atoms with Crippen LogP contribution in [0.15, 0.2) is 53.4 Å². The molecule has 0 aliphatic carbocycles. The third-order valence-electron chi connectivity index (χ3n) is 4.31. The van der Waals surface area contributed by atoms with Crippen molar-refractivity contribution in [3.05, 3.63) is 59.7 Å². The zero-order valence-electron chi connectivity index (χ0n) is 16.8. The number of benzene rings is 2. The number of nitrogens with zero attached hydrogens (tertiary/aromatic N) is 1. The van der Waals surface area contributed by atoms with Gasteiger partial charge in [0.25, 0.3) is 0 Å². The molecule has 2 rings (SSSR count). The second kappa shape index (κ2) is 10.3. The number of sulfonamides is 1. The van der Waals surface area contributed by atoms with E-state index in [2.05, 4.69) is 4.74 Å². The van der Waals surface area contributed by atoms with Crippen LogP contribution in [0.25, 0.3) is 6.08 Å². The van der Waals surface area contributed by atoms with E-state index in [0.29, 0.717) is 24.2 Å². The lowest BCUT2D eigenvalue weighted by Gasteiger charge is -2.18. The molecule has 2 aromatic rings. The monoisotopic (exact) mass is 439 g/mol. The van der Waals surface area contributed by atoms with Gasteiger partial charge in [0.1, 0.15) is 0 Å². The molecule has 9 heteroatoms. The van der Waals surface area contributed by atoms with Crippen molar-refractivity contribution in [2.24, 2.45) is 0 Å². The number of hydrogen-bond acceptors (Lipinski definition) is 5. The highest BCUT2D eigenvalue weighted by molar-refractivity contribution is 7.89. The fraction of sp³-hybridized carbons (Fsp3) is 0.286. The fourth-order valence-electron chi connectivity index (χ4n) is 2.76. The van der Waals surface area contributed by atoms with Gasteiger partial charge in [0, 0.05) is 18.7 Å². The Balaban J connectivity index is 2.19. The second-order valence-electron chi connectivity index (χ2n) is 6.10. The standard InChI is InChI=1S/C21H23F2NO5S/c1-4-24(5-2)30(26,27)17-10-8-16(9-11-17)18(25)12-6-15-7-13-19(28-3)20(14-15)29-21(22)23/h6-14,21H,4-5H2,1-3H3/b12-6+. The van der Waals surface area contributed by atoms with Crippen LogP contribution < -0.4 is 9.47 Å². The highest BCUT2D eigenvalue weighted by Crippen LogP contribution is 2.30. The average molecular weight is 439 g/mol. The van der Waals surface area contributed by atoms with Crippen molar-refractivity contribution < 1.29 is 31.5 Å². The van der Waals surface area contributed by atoms with Crippen LogP contribution in [0.3, 0.4) is 0 Å². The maximum absolute atomic E-state index is 12.5. The number of carbonyl (C=O) groups is 1. The summed E-state index contributed by atoms with van der Waals surface area (Å²) in [5.74, 6) is -0.370. The summed E-state index contributed by atoms with van der Waals surface area (Å²) in [6.07, 6.45) is 2.71. The summed E-state index contributed by atoms with van der Waals surface area (Å²) in [6.45, 7) is 1.19. The smallest absolute Gasteiger partial charge is 0.387 e. The Morgan fingerprint density at radius 3 is 2.23 bits per heavy atom. The van der Waals surface area contributed by atoms with Crippen molar-refractivity contribution in [2.45, 2.75) is 25.4 Å². The molecule has 0 radical (unpaired) electrons. The predicted octanol–water partition coefficient (Wildman–Crippen LogP) is 4.22. The lowest BCUT2D eigenvalue weighted by Crippen LogP contribution is -2.30. The minimum atomic E-state index is -3.60. The minimum absolute atomic E-state index is 0.107. The molecular formula is C21H23F2NO5S. The molecule has 0 bridgehead atoms. The van der Waals surface area contributed by atoms with Gasteiger partial charge in [-0.15, -0.1) is 0 Å². The van der Waals surface area contributed by atoms with Gasteiger partial charge in [-0.25, -0.2) is 8.42 Å². The number of ketones is 1. The van der Waals surface area contributed by atoms with Crippen molar-refractivity contribution in [2.75, 3.05) is 20.2 Å². The van der Waals surface area contributed by atoms with Crippen LogP contribution in [0.5, 0.6) is 11.5 Å². The zero-order chi connectivity index (χ0) is 22.3. The number of allylic oxidation sites excluding steroid dienone is 1. The lowest BCUT2D eigenvalue weighted by atomic mass is 10.1. The molecule has 0 saturated carbocycles. The highest BCUT2D eigenvalue weighted by atomic mass is 32.2. The molecular weight excluding hydrogens is 416 g/mol. The van der Waals surface area contributed by atoms with E-state index in [4.69, 9.17) is 4.74 Å². The van der Waals surface area contributed by atoms with E-state index >= 15 is 0 Å². The van der Waals surface area contributed by atoms with Crippen LogP contribution in [0.1, 0.15) is 29.8 Å². The van der Waals surface area contributed by atoms with Gasteiger partial charge < -0.3 is 9.47 Å². The molecule has 30 heavy (non-hydrogen) atoms. The van der Waals surface area contributed by atoms with Gasteiger partial charge in [-0.1, -0.05) is 26.0 Å². The van der Waals surface area contributed by atoms with E-state index in [1.54, 1.807) is 19.9 Å². The van der Waals surface area contributed by atoms with E-state index in [1.807, 2.05) is 0 Å². The summed E-state index contributed by atoms with van der Waals surface area (Å²) in [5.41, 5.74) is 0.753. The maximum atomic E-state index is 12.5. The Kier molecular flexibility index (Phi) is 8.08. The lowest BCUT2D eigenvalue weighted by molar-refractivity contribution is -0.0512. The molecule has 162 valence electrons. The van der Waals surface area contributed by atoms with E-state index in [9.17, 15) is 22.0 Å². The van der Waals surface area contributed by atoms with Crippen LogP contribution in [0, 0.1) is 0 Å². The molecule has 6 nitrogen and oxygen atoms in total. The van der Waals surface area contributed by atoms with Gasteiger partial charge in [0.05, 0.1) is 12.0 Å². The SMILES string of the molecule is CCN(CC)S(=O)(=O)c1ccc(C(=O)/C=C/c2ccc(OC)c(OC(F)F)c2)cc1. The van der Waals surface area contributed by atoms with Gasteiger partial charge in [-0.2, -0.15) is 13.1 Å². The summed E-state index contributed by atoms with van der Waals surface area (Å²) in [4.78, 5) is 12.5. The molecule has 0 saturated heterocycles. The molecule has 0 amide bonds. The first-order valence-electron chi connectivity index (χ1n) is 9.18. The Bertz CT molecular complexity index is 1000. The van der Waals surface area contributed by atoms with Crippen LogP contribution in [-0.4, -0.2) is 45.3 Å². The van der Waals surface area contributed by atoms with Crippen molar-refractivity contribution in [3.63, 3.8) is 0 Å². The molecule has 0 aromatic heterocycles. The van der Waals surface area contributed by atoms with Crippen molar-refractivity contribution in [1.29, 1.82) is 0 Å². The number of methoxy groups -OCH3 is 1. The second-order valence-corrected chi connectivity index (χ2v) is 8.04. The Morgan fingerprint density at radius 2 is 1.70 bits per heavy atom. The fourth-order valence-corrected chi connectivity index (χ4v) is 4.21. The molecule has 0 atom stereocenters. The molecule has 0 heterocycles. The molecule has 0 N–H and O–H groups in total. The maximum Gasteiger partial charge on any atom is 0.387 e. The van der Waals surface area contributed by atoms with Crippen LogP contribution in [0.4, 0.5) is 8.78 Å². The number of rotatable bonds is 10. The molecule has 0 aliphatic heterocycles. The summed E-state index contributed by atoms with van der Waals surface area (Å²) in [6, 6.07) is 10.0. The Labute approximate surface area is 174 Å². The van der Waals surface area contributed by atoms with Crippen LogP contribution >= 0.6 is 0 Å². The molecule has 2 aromatic carbocycles. The number of halogens is 2. The first-order chi connectivity index (χ1) is 14.2. The van der Waals surface area contributed by atoms with Crippen molar-refractivity contribution in [1.82, 2.24) is 4.31 Å². The van der Waals surface area contributed by atoms with E-state index in [-0.39, 0.29) is 22.2 Å². The molecule has 0 fully saturated rings. The summed E-state index contributed by atoms with van der Waals surface area (Å²) in [5, 5.41) is 0. The number of hydrogen-bond donors (Lipinski definition) is 0. The summed E-state index contributed by atoms with van der Waals surface area (Å²) >= 11 is 0. The highest BCUT2D eigenvalue weighted by Gasteiger charge is 2.21. The van der Waals surface area contributed by atoms with E-state index in [1.165, 1.54) is 60.0 Å². The van der Waals surface area contributed by atoms with Gasteiger partial charge in [-0.3, -0.25) is 4.79 Å². The van der Waals surface area contributed by atoms with E-state index in [0.717, 1.165) is 0 Å². The third-order valence-corrected chi connectivity index (χ3v) is 6.38. The van der Waals surface area contributed by atoms with Crippen molar-refractivity contribution in [3.8, 4) is 11.5 Å². The van der Waals surface area contributed by atoms with Crippen molar-refractivity contribution >= 4 is 21.9 Å². The topological polar surface area (TPSA) is 72.9 Å². The number of carbonyl (C=O) groups excluding carboxylic acids is 1.